The summed E-state index contributed by atoms with van der Waals surface area (Å²) in [7, 11) is 1.35. The molecule has 1 unspecified atom stereocenters. The van der Waals surface area contributed by atoms with Gasteiger partial charge in [-0.1, -0.05) is 6.92 Å². The van der Waals surface area contributed by atoms with E-state index < -0.39 is 51.6 Å². The van der Waals surface area contributed by atoms with Crippen LogP contribution in [0.5, 0.6) is 5.75 Å². The van der Waals surface area contributed by atoms with Gasteiger partial charge in [0.15, 0.2) is 29.0 Å². The Morgan fingerprint density at radius 3 is 2.60 bits per heavy atom. The molecular formula is C25H24F5N7O3. The van der Waals surface area contributed by atoms with Gasteiger partial charge in [-0.25, -0.2) is 23.8 Å². The fourth-order valence-corrected chi connectivity index (χ4v) is 4.28. The second-order valence-corrected chi connectivity index (χ2v) is 8.86. The molecule has 4 rings (SSSR count). The van der Waals surface area contributed by atoms with Crippen LogP contribution in [0.1, 0.15) is 31.7 Å². The normalized spacial score (nSPS) is 12.5. The summed E-state index contributed by atoms with van der Waals surface area (Å²) in [6.07, 6.45) is -0.374. The number of hydrogen-bond donors (Lipinski definition) is 3. The van der Waals surface area contributed by atoms with Crippen molar-refractivity contribution in [2.45, 2.75) is 44.9 Å². The van der Waals surface area contributed by atoms with Crippen LogP contribution >= 0.6 is 0 Å². The Bertz CT molecular complexity index is 1670. The van der Waals surface area contributed by atoms with Gasteiger partial charge in [0, 0.05) is 18.8 Å². The van der Waals surface area contributed by atoms with E-state index >= 15 is 8.78 Å². The minimum absolute atomic E-state index is 0.0762. The number of anilines is 2. The Morgan fingerprint density at radius 2 is 1.95 bits per heavy atom. The summed E-state index contributed by atoms with van der Waals surface area (Å²) >= 11 is 0. The molecule has 0 aliphatic heterocycles. The van der Waals surface area contributed by atoms with E-state index in [0.29, 0.717) is 19.3 Å². The van der Waals surface area contributed by atoms with Gasteiger partial charge in [-0.2, -0.15) is 18.3 Å². The highest BCUT2D eigenvalue weighted by Crippen LogP contribution is 2.32. The lowest BCUT2D eigenvalue weighted by Crippen LogP contribution is -2.28. The fraction of sp³-hybridized carbons (Fsp3) is 0.320. The Labute approximate surface area is 223 Å². The Hall–Kier alpha value is -4.56. The number of fused-ring (bicyclic) bond motifs is 1. The molecule has 0 fully saturated rings. The number of halogens is 5. The molecule has 3 heterocycles. The number of aromatic amines is 1. The highest BCUT2D eigenvalue weighted by atomic mass is 19.4. The molecule has 0 aliphatic rings. The molecule has 4 N–H and O–H groups in total. The fourth-order valence-electron chi connectivity index (χ4n) is 4.28. The predicted molar refractivity (Wildman–Crippen MR) is 137 cm³/mol. The van der Waals surface area contributed by atoms with Crippen molar-refractivity contribution in [3.8, 4) is 17.1 Å². The zero-order chi connectivity index (χ0) is 29.2. The van der Waals surface area contributed by atoms with Crippen molar-refractivity contribution in [3.63, 3.8) is 0 Å². The van der Waals surface area contributed by atoms with Gasteiger partial charge in [-0.3, -0.25) is 9.59 Å². The molecule has 15 heteroatoms. The Balaban J connectivity index is 1.55. The summed E-state index contributed by atoms with van der Waals surface area (Å²) in [4.78, 5) is 32.6. The topological polar surface area (TPSA) is 141 Å². The second kappa shape index (κ2) is 11.3. The van der Waals surface area contributed by atoms with Crippen LogP contribution in [-0.4, -0.2) is 37.9 Å². The van der Waals surface area contributed by atoms with E-state index in [1.807, 2.05) is 0 Å². The van der Waals surface area contributed by atoms with Crippen molar-refractivity contribution >= 4 is 22.3 Å². The van der Waals surface area contributed by atoms with Crippen molar-refractivity contribution < 1.29 is 26.7 Å². The van der Waals surface area contributed by atoms with Gasteiger partial charge >= 0.3 is 6.18 Å². The standard InChI is InChI=1S/C25H24F5N7O3/c1-3-13(34-15-10-33-36-23(38)18(15)25(28,29)30)5-4-7-37-8-6-12-9-14(19(26)20(27)17(12)24(37)39)22-32-11-16(40-2)21(31)35-22/h6,8-11,13H,3-5,7H2,1-2H3,(H2,31,32,35)(H2,34,36,38). The van der Waals surface area contributed by atoms with Gasteiger partial charge in [-0.05, 0) is 36.8 Å². The zero-order valence-electron chi connectivity index (χ0n) is 21.3. The maximum atomic E-state index is 15.1. The maximum absolute atomic E-state index is 15.1. The van der Waals surface area contributed by atoms with Crippen LogP contribution in [0.15, 0.2) is 40.3 Å². The van der Waals surface area contributed by atoms with E-state index in [-0.39, 0.29) is 34.9 Å². The first-order valence-electron chi connectivity index (χ1n) is 12.1. The van der Waals surface area contributed by atoms with Gasteiger partial charge in [-0.15, -0.1) is 0 Å². The van der Waals surface area contributed by atoms with Crippen LogP contribution in [0.4, 0.5) is 33.5 Å². The summed E-state index contributed by atoms with van der Waals surface area (Å²) in [5.41, 5.74) is 1.47. The first kappa shape index (κ1) is 28.4. The number of benzene rings is 1. The zero-order valence-corrected chi connectivity index (χ0v) is 21.3. The molecule has 1 atom stereocenters. The van der Waals surface area contributed by atoms with E-state index in [9.17, 15) is 22.8 Å². The van der Waals surface area contributed by atoms with Crippen molar-refractivity contribution in [2.24, 2.45) is 0 Å². The lowest BCUT2D eigenvalue weighted by atomic mass is 10.1. The third-order valence-electron chi connectivity index (χ3n) is 6.33. The Kier molecular flexibility index (Phi) is 8.02. The number of nitrogen functional groups attached to an aromatic ring is 1. The molecule has 10 nitrogen and oxygen atoms in total. The monoisotopic (exact) mass is 565 g/mol. The number of hydrogen-bond acceptors (Lipinski definition) is 8. The summed E-state index contributed by atoms with van der Waals surface area (Å²) < 4.78 is 76.3. The summed E-state index contributed by atoms with van der Waals surface area (Å²) in [6, 6.07) is 2.18. The average molecular weight is 566 g/mol. The molecule has 40 heavy (non-hydrogen) atoms. The number of ether oxygens (including phenoxy) is 1. The number of alkyl halides is 3. The molecule has 4 aromatic rings. The van der Waals surface area contributed by atoms with Gasteiger partial charge in [0.25, 0.3) is 11.1 Å². The van der Waals surface area contributed by atoms with Crippen molar-refractivity contribution in [1.29, 1.82) is 0 Å². The molecule has 1 aromatic carbocycles. The minimum Gasteiger partial charge on any atom is -0.491 e. The van der Waals surface area contributed by atoms with Gasteiger partial charge in [0.05, 0.1) is 36.1 Å². The van der Waals surface area contributed by atoms with E-state index in [4.69, 9.17) is 10.5 Å². The van der Waals surface area contributed by atoms with Crippen LogP contribution in [-0.2, 0) is 12.7 Å². The molecule has 0 bridgehead atoms. The molecule has 0 spiro atoms. The third kappa shape index (κ3) is 5.58. The summed E-state index contributed by atoms with van der Waals surface area (Å²) in [5.74, 6) is -2.81. The number of pyridine rings is 1. The van der Waals surface area contributed by atoms with Crippen molar-refractivity contribution in [2.75, 3.05) is 18.2 Å². The quantitative estimate of drug-likeness (QED) is 0.258. The molecule has 0 saturated carbocycles. The predicted octanol–water partition coefficient (Wildman–Crippen LogP) is 4.10. The number of H-pyrrole nitrogens is 1. The molecule has 0 saturated heterocycles. The first-order chi connectivity index (χ1) is 19.0. The number of nitrogens with zero attached hydrogens (tertiary/aromatic N) is 4. The number of aromatic nitrogens is 5. The van der Waals surface area contributed by atoms with E-state index in [2.05, 4.69) is 20.4 Å². The first-order valence-corrected chi connectivity index (χ1v) is 12.1. The molecule has 3 aromatic heterocycles. The molecule has 0 aliphatic carbocycles. The van der Waals surface area contributed by atoms with Crippen LogP contribution in [0.2, 0.25) is 0 Å². The van der Waals surface area contributed by atoms with Crippen molar-refractivity contribution in [1.82, 2.24) is 24.7 Å². The lowest BCUT2D eigenvalue weighted by molar-refractivity contribution is -0.138. The minimum atomic E-state index is -4.89. The van der Waals surface area contributed by atoms with E-state index in [1.54, 1.807) is 12.0 Å². The number of rotatable bonds is 9. The lowest BCUT2D eigenvalue weighted by Gasteiger charge is -2.20. The number of methoxy groups -OCH3 is 1. The van der Waals surface area contributed by atoms with E-state index in [0.717, 1.165) is 6.20 Å². The molecule has 212 valence electrons. The highest BCUT2D eigenvalue weighted by molar-refractivity contribution is 5.86. The SMILES string of the molecule is CCC(CCCn1ccc2cc(-c3ncc(OC)c(N)n3)c(F)c(F)c2c1=O)Nc1cn[nH]c(=O)c1C(F)(F)F. The third-order valence-corrected chi connectivity index (χ3v) is 6.33. The summed E-state index contributed by atoms with van der Waals surface area (Å²) in [5, 5.41) is 7.55. The maximum Gasteiger partial charge on any atom is 0.423 e. The van der Waals surface area contributed by atoms with Crippen LogP contribution in [0, 0.1) is 11.6 Å². The van der Waals surface area contributed by atoms with Gasteiger partial charge in [0.1, 0.15) is 5.56 Å². The second-order valence-electron chi connectivity index (χ2n) is 8.86. The van der Waals surface area contributed by atoms with Crippen molar-refractivity contribution in [3.05, 3.63) is 68.6 Å². The smallest absolute Gasteiger partial charge is 0.423 e. The molecule has 0 amide bonds. The van der Waals surface area contributed by atoms with Crippen LogP contribution < -0.4 is 26.9 Å². The van der Waals surface area contributed by atoms with Crippen LogP contribution in [0.3, 0.4) is 0 Å². The number of nitrogens with two attached hydrogens (primary N) is 1. The summed E-state index contributed by atoms with van der Waals surface area (Å²) in [6.45, 7) is 1.82. The number of nitrogens with one attached hydrogen (secondary N) is 2. The average Bonchev–Trinajstić information content (AvgIpc) is 2.90. The largest absolute Gasteiger partial charge is 0.491 e. The van der Waals surface area contributed by atoms with Gasteiger partial charge in [0.2, 0.25) is 0 Å². The van der Waals surface area contributed by atoms with E-state index in [1.165, 1.54) is 36.2 Å². The number of aryl methyl sites for hydroxylation is 1. The van der Waals surface area contributed by atoms with Gasteiger partial charge < -0.3 is 20.4 Å². The highest BCUT2D eigenvalue weighted by Gasteiger charge is 2.37. The molecule has 0 radical (unpaired) electrons. The Morgan fingerprint density at radius 1 is 1.20 bits per heavy atom. The molecular weight excluding hydrogens is 541 g/mol. The van der Waals surface area contributed by atoms with Crippen LogP contribution in [0.25, 0.3) is 22.2 Å².